The van der Waals surface area contributed by atoms with Gasteiger partial charge < -0.3 is 25.4 Å². The molecule has 0 aliphatic carbocycles. The molecule has 37 heavy (non-hydrogen) atoms. The number of Topliss-reactive ketones (excluding diaryl/α,β-unsaturated/α-hetero) is 1. The lowest BCUT2D eigenvalue weighted by molar-refractivity contribution is -0.117. The van der Waals surface area contributed by atoms with Crippen LogP contribution in [-0.2, 0) is 16.0 Å². The second kappa shape index (κ2) is 13.1. The number of esters is 1. The van der Waals surface area contributed by atoms with Crippen LogP contribution in [0.5, 0.6) is 5.75 Å². The maximum Gasteiger partial charge on any atom is 0.337 e. The van der Waals surface area contributed by atoms with Gasteiger partial charge in [-0.3, -0.25) is 10.1 Å². The van der Waals surface area contributed by atoms with Crippen LogP contribution in [0, 0.1) is 6.92 Å². The number of ketones is 1. The van der Waals surface area contributed by atoms with Gasteiger partial charge in [-0.05, 0) is 67.4 Å². The number of carbonyl (C=O) groups is 3. The van der Waals surface area contributed by atoms with Gasteiger partial charge in [0.1, 0.15) is 5.75 Å². The summed E-state index contributed by atoms with van der Waals surface area (Å²) in [5, 5.41) is 12.0. The fourth-order valence-electron chi connectivity index (χ4n) is 3.62. The van der Waals surface area contributed by atoms with Gasteiger partial charge in [0.2, 0.25) is 0 Å². The monoisotopic (exact) mass is 504 g/mol. The highest BCUT2D eigenvalue weighted by atomic mass is 16.5. The van der Waals surface area contributed by atoms with Gasteiger partial charge in [0, 0.05) is 17.8 Å². The van der Waals surface area contributed by atoms with E-state index < -0.39 is 5.97 Å². The number of methoxy groups -OCH3 is 2. The zero-order chi connectivity index (χ0) is 26.8. The number of benzene rings is 3. The highest BCUT2D eigenvalue weighted by Crippen LogP contribution is 2.26. The fourth-order valence-corrected chi connectivity index (χ4v) is 3.62. The number of hydrogen-bond acceptors (Lipinski definition) is 7. The average molecular weight is 505 g/mol. The minimum atomic E-state index is -0.394. The molecule has 4 N–H and O–H groups in total. The van der Waals surface area contributed by atoms with Crippen molar-refractivity contribution in [3.63, 3.8) is 0 Å². The number of carbonyl (C=O) groups excluding carboxylic acids is 3. The first-order valence-corrected chi connectivity index (χ1v) is 11.8. The van der Waals surface area contributed by atoms with Gasteiger partial charge >= 0.3 is 12.0 Å². The summed E-state index contributed by atoms with van der Waals surface area (Å²) in [4.78, 5) is 36.5. The molecule has 9 heteroatoms. The second-order valence-electron chi connectivity index (χ2n) is 8.46. The minimum absolute atomic E-state index is 0.00486. The van der Waals surface area contributed by atoms with E-state index in [-0.39, 0.29) is 30.9 Å². The van der Waals surface area contributed by atoms with Crippen molar-refractivity contribution in [1.29, 1.82) is 0 Å². The summed E-state index contributed by atoms with van der Waals surface area (Å²) >= 11 is 0. The van der Waals surface area contributed by atoms with E-state index in [1.165, 1.54) is 14.2 Å². The molecule has 3 rings (SSSR count). The molecule has 2 amide bonds. The summed E-state index contributed by atoms with van der Waals surface area (Å²) in [6.07, 6.45) is 0.0281. The molecule has 9 nitrogen and oxygen atoms in total. The Morgan fingerprint density at radius 3 is 2.27 bits per heavy atom. The van der Waals surface area contributed by atoms with E-state index >= 15 is 0 Å². The molecule has 0 fully saturated rings. The van der Waals surface area contributed by atoms with Crippen LogP contribution in [0.2, 0.25) is 0 Å². The second-order valence-corrected chi connectivity index (χ2v) is 8.46. The number of amides is 2. The SMILES string of the molecule is COC(=O)c1ccc(NC(C)NCC(=O)Cc2ccc(NC(=O)Nc3ccccc3C)c(OC)c2)cc1. The van der Waals surface area contributed by atoms with Gasteiger partial charge in [0.25, 0.3) is 0 Å². The Balaban J connectivity index is 1.50. The Morgan fingerprint density at radius 1 is 0.892 bits per heavy atom. The van der Waals surface area contributed by atoms with E-state index in [1.54, 1.807) is 42.5 Å². The van der Waals surface area contributed by atoms with E-state index in [0.29, 0.717) is 17.0 Å². The van der Waals surface area contributed by atoms with Crippen LogP contribution in [0.25, 0.3) is 0 Å². The molecule has 0 saturated carbocycles. The fraction of sp³-hybridized carbons (Fsp3) is 0.250. The Labute approximate surface area is 216 Å². The molecule has 0 aromatic heterocycles. The van der Waals surface area contributed by atoms with Gasteiger partial charge in [0.05, 0.1) is 38.2 Å². The molecule has 1 atom stereocenters. The van der Waals surface area contributed by atoms with Crippen molar-refractivity contribution in [3.8, 4) is 5.75 Å². The number of nitrogens with one attached hydrogen (secondary N) is 4. The number of rotatable bonds is 11. The predicted molar refractivity (Wildman–Crippen MR) is 144 cm³/mol. The summed E-state index contributed by atoms with van der Waals surface area (Å²) in [6, 6.07) is 19.2. The maximum atomic E-state index is 12.6. The quantitative estimate of drug-likeness (QED) is 0.223. The molecular weight excluding hydrogens is 472 g/mol. The van der Waals surface area contributed by atoms with Crippen LogP contribution in [0.1, 0.15) is 28.4 Å². The Hall–Kier alpha value is -4.37. The molecule has 0 spiro atoms. The third-order valence-electron chi connectivity index (χ3n) is 5.60. The Morgan fingerprint density at radius 2 is 1.59 bits per heavy atom. The molecule has 3 aromatic rings. The van der Waals surface area contributed by atoms with Crippen LogP contribution < -0.4 is 26.0 Å². The largest absolute Gasteiger partial charge is 0.495 e. The highest BCUT2D eigenvalue weighted by Gasteiger charge is 2.13. The van der Waals surface area contributed by atoms with E-state index in [0.717, 1.165) is 22.5 Å². The van der Waals surface area contributed by atoms with E-state index in [1.807, 2.05) is 38.1 Å². The highest BCUT2D eigenvalue weighted by molar-refractivity contribution is 6.01. The summed E-state index contributed by atoms with van der Waals surface area (Å²) in [5.41, 5.74) is 4.21. The average Bonchev–Trinajstić information content (AvgIpc) is 2.89. The third kappa shape index (κ3) is 8.08. The van der Waals surface area contributed by atoms with Crippen LogP contribution in [0.4, 0.5) is 21.9 Å². The molecular formula is C28H32N4O5. The van der Waals surface area contributed by atoms with E-state index in [2.05, 4.69) is 21.3 Å². The summed E-state index contributed by atoms with van der Waals surface area (Å²) in [6.45, 7) is 3.97. The standard InChI is InChI=1S/C28H32N4O5/c1-18-7-5-6-8-24(18)31-28(35)32-25-14-9-20(16-26(25)36-3)15-23(33)17-29-19(2)30-22-12-10-21(11-13-22)27(34)37-4/h5-14,16,19,29-30H,15,17H2,1-4H3,(H2,31,32,35). The predicted octanol–water partition coefficient (Wildman–Crippen LogP) is 4.59. The number of urea groups is 1. The van der Waals surface area contributed by atoms with Gasteiger partial charge in [-0.1, -0.05) is 24.3 Å². The summed E-state index contributed by atoms with van der Waals surface area (Å²) in [5.74, 6) is 0.0627. The first-order chi connectivity index (χ1) is 17.8. The maximum absolute atomic E-state index is 12.6. The molecule has 0 aliphatic heterocycles. The zero-order valence-corrected chi connectivity index (χ0v) is 21.4. The van der Waals surface area contributed by atoms with Crippen molar-refractivity contribution >= 4 is 34.8 Å². The number of para-hydroxylation sites is 1. The Kier molecular flexibility index (Phi) is 9.62. The van der Waals surface area contributed by atoms with Gasteiger partial charge in [0.15, 0.2) is 5.78 Å². The summed E-state index contributed by atoms with van der Waals surface area (Å²) < 4.78 is 10.1. The van der Waals surface area contributed by atoms with Gasteiger partial charge in [-0.15, -0.1) is 0 Å². The van der Waals surface area contributed by atoms with Crippen molar-refractivity contribution in [2.75, 3.05) is 36.7 Å². The van der Waals surface area contributed by atoms with Crippen molar-refractivity contribution in [1.82, 2.24) is 5.32 Å². The van der Waals surface area contributed by atoms with Gasteiger partial charge in [-0.25, -0.2) is 9.59 Å². The van der Waals surface area contributed by atoms with Crippen LogP contribution in [0.3, 0.4) is 0 Å². The molecule has 0 heterocycles. The number of ether oxygens (including phenoxy) is 2. The smallest absolute Gasteiger partial charge is 0.337 e. The molecule has 0 saturated heterocycles. The third-order valence-corrected chi connectivity index (χ3v) is 5.60. The van der Waals surface area contributed by atoms with E-state index in [4.69, 9.17) is 9.47 Å². The van der Waals surface area contributed by atoms with Gasteiger partial charge in [-0.2, -0.15) is 0 Å². The zero-order valence-electron chi connectivity index (χ0n) is 21.4. The molecule has 0 aliphatic rings. The lowest BCUT2D eigenvalue weighted by Crippen LogP contribution is -2.37. The molecule has 1 unspecified atom stereocenters. The molecule has 0 radical (unpaired) electrons. The first-order valence-electron chi connectivity index (χ1n) is 11.8. The van der Waals surface area contributed by atoms with Crippen molar-refractivity contribution in [3.05, 3.63) is 83.4 Å². The lowest BCUT2D eigenvalue weighted by Gasteiger charge is -2.17. The molecule has 194 valence electrons. The van der Waals surface area contributed by atoms with Crippen molar-refractivity contribution in [2.45, 2.75) is 26.4 Å². The molecule has 0 bridgehead atoms. The topological polar surface area (TPSA) is 118 Å². The molecule has 3 aromatic carbocycles. The Bertz CT molecular complexity index is 1240. The normalized spacial score (nSPS) is 11.2. The number of aryl methyl sites for hydroxylation is 1. The van der Waals surface area contributed by atoms with Crippen molar-refractivity contribution in [2.24, 2.45) is 0 Å². The number of anilines is 3. The minimum Gasteiger partial charge on any atom is -0.495 e. The number of hydrogen-bond donors (Lipinski definition) is 4. The van der Waals surface area contributed by atoms with Crippen molar-refractivity contribution < 1.29 is 23.9 Å². The summed E-state index contributed by atoms with van der Waals surface area (Å²) in [7, 11) is 2.85. The van der Waals surface area contributed by atoms with Crippen LogP contribution in [0.15, 0.2) is 66.7 Å². The van der Waals surface area contributed by atoms with Crippen LogP contribution in [-0.4, -0.2) is 44.7 Å². The lowest BCUT2D eigenvalue weighted by atomic mass is 10.1. The first kappa shape index (κ1) is 27.2. The van der Waals surface area contributed by atoms with E-state index in [9.17, 15) is 14.4 Å². The van der Waals surface area contributed by atoms with Crippen LogP contribution >= 0.6 is 0 Å².